The van der Waals surface area contributed by atoms with Crippen LogP contribution in [0.4, 0.5) is 11.4 Å². The molecule has 0 fully saturated rings. The predicted molar refractivity (Wildman–Crippen MR) is 91.3 cm³/mol. The van der Waals surface area contributed by atoms with E-state index in [2.05, 4.69) is 11.4 Å². The van der Waals surface area contributed by atoms with Crippen LogP contribution in [0.25, 0.3) is 0 Å². The van der Waals surface area contributed by atoms with E-state index in [-0.39, 0.29) is 5.57 Å². The van der Waals surface area contributed by atoms with Gasteiger partial charge in [-0.15, -0.1) is 0 Å². The highest BCUT2D eigenvalue weighted by Gasteiger charge is 2.19. The minimum atomic E-state index is -0.468. The normalized spacial score (nSPS) is 13.4. The summed E-state index contributed by atoms with van der Waals surface area (Å²) in [4.78, 5) is 14.2. The molecule has 0 aromatic heterocycles. The summed E-state index contributed by atoms with van der Waals surface area (Å²) in [6, 6.07) is 16.9. The van der Waals surface area contributed by atoms with Crippen LogP contribution < -0.4 is 10.2 Å². The molecule has 1 aliphatic rings. The number of halogens is 1. The van der Waals surface area contributed by atoms with Crippen molar-refractivity contribution in [2.75, 3.05) is 16.8 Å². The number of nitrogens with zero attached hydrogens (tertiary/aromatic N) is 2. The molecule has 0 aliphatic carbocycles. The molecule has 114 valence electrons. The summed E-state index contributed by atoms with van der Waals surface area (Å²) in [7, 11) is 0. The Bertz CT molecular complexity index is 823. The summed E-state index contributed by atoms with van der Waals surface area (Å²) in [5.74, 6) is -0.468. The Morgan fingerprint density at radius 1 is 1.22 bits per heavy atom. The van der Waals surface area contributed by atoms with E-state index in [1.807, 2.05) is 29.2 Å². The topological polar surface area (TPSA) is 56.1 Å². The van der Waals surface area contributed by atoms with Crippen LogP contribution in [-0.4, -0.2) is 12.5 Å². The number of anilines is 2. The van der Waals surface area contributed by atoms with E-state index in [0.717, 1.165) is 18.7 Å². The zero-order chi connectivity index (χ0) is 16.2. The lowest BCUT2D eigenvalue weighted by Gasteiger charge is -2.14. The second-order valence-electron chi connectivity index (χ2n) is 5.16. The Hall–Kier alpha value is -2.77. The number of hydrogen-bond acceptors (Lipinski definition) is 3. The lowest BCUT2D eigenvalue weighted by atomic mass is 10.2. The molecule has 1 amide bonds. The van der Waals surface area contributed by atoms with Crippen LogP contribution >= 0.6 is 11.6 Å². The molecule has 0 bridgehead atoms. The fourth-order valence-corrected chi connectivity index (χ4v) is 2.73. The quantitative estimate of drug-likeness (QED) is 0.691. The number of benzene rings is 2. The Balaban J connectivity index is 1.82. The molecule has 5 heteroatoms. The molecule has 2 aromatic carbocycles. The molecule has 0 saturated heterocycles. The van der Waals surface area contributed by atoms with Crippen LogP contribution in [0.2, 0.25) is 5.02 Å². The van der Waals surface area contributed by atoms with Gasteiger partial charge in [-0.2, -0.15) is 5.26 Å². The molecule has 1 N–H and O–H groups in total. The van der Waals surface area contributed by atoms with Gasteiger partial charge in [-0.1, -0.05) is 41.9 Å². The average molecular weight is 324 g/mol. The van der Waals surface area contributed by atoms with Gasteiger partial charge in [-0.3, -0.25) is 4.79 Å². The Morgan fingerprint density at radius 3 is 2.74 bits per heavy atom. The fourth-order valence-electron chi connectivity index (χ4n) is 2.54. The van der Waals surface area contributed by atoms with Gasteiger partial charge in [0.15, 0.2) is 0 Å². The average Bonchev–Trinajstić information content (AvgIpc) is 2.97. The molecule has 1 aliphatic heterocycles. The number of rotatable bonds is 3. The number of carbonyl (C=O) groups is 1. The fraction of sp³-hybridized carbons (Fsp3) is 0.111. The van der Waals surface area contributed by atoms with E-state index in [9.17, 15) is 10.1 Å². The summed E-state index contributed by atoms with van der Waals surface area (Å²) in [6.07, 6.45) is 2.50. The summed E-state index contributed by atoms with van der Waals surface area (Å²) in [5, 5.41) is 12.4. The van der Waals surface area contributed by atoms with Gasteiger partial charge in [0.05, 0.1) is 10.7 Å². The monoisotopic (exact) mass is 323 g/mol. The third kappa shape index (κ3) is 3.20. The van der Waals surface area contributed by atoms with E-state index >= 15 is 0 Å². The number of para-hydroxylation sites is 2. The summed E-state index contributed by atoms with van der Waals surface area (Å²) in [6.45, 7) is 0.754. The second kappa shape index (κ2) is 6.55. The van der Waals surface area contributed by atoms with Crippen LogP contribution in [0.3, 0.4) is 0 Å². The Labute approximate surface area is 139 Å². The molecule has 2 aromatic rings. The molecule has 0 spiro atoms. The minimum Gasteiger partial charge on any atom is -0.346 e. The number of carbonyl (C=O) groups excluding carboxylic acids is 1. The molecule has 23 heavy (non-hydrogen) atoms. The minimum absolute atomic E-state index is 0.0432. The van der Waals surface area contributed by atoms with E-state index in [1.54, 1.807) is 30.5 Å². The third-order valence-corrected chi connectivity index (χ3v) is 4.02. The first kappa shape index (κ1) is 15.1. The molecular weight excluding hydrogens is 310 g/mol. The van der Waals surface area contributed by atoms with E-state index in [4.69, 9.17) is 11.6 Å². The number of fused-ring (bicyclic) bond motifs is 1. The van der Waals surface area contributed by atoms with E-state index in [0.29, 0.717) is 10.7 Å². The van der Waals surface area contributed by atoms with Crippen molar-refractivity contribution in [3.63, 3.8) is 0 Å². The SMILES string of the molecule is N#C/C(=C/N1CCc2ccccc21)C(=O)Nc1ccccc1Cl. The van der Waals surface area contributed by atoms with Crippen molar-refractivity contribution < 1.29 is 4.79 Å². The van der Waals surface area contributed by atoms with E-state index in [1.165, 1.54) is 5.56 Å². The molecule has 0 radical (unpaired) electrons. The summed E-state index contributed by atoms with van der Waals surface area (Å²) in [5.41, 5.74) is 2.78. The number of nitriles is 1. The molecule has 0 atom stereocenters. The van der Waals surface area contributed by atoms with Crippen LogP contribution in [0.15, 0.2) is 60.3 Å². The van der Waals surface area contributed by atoms with Gasteiger partial charge in [0.2, 0.25) is 0 Å². The van der Waals surface area contributed by atoms with Gasteiger partial charge in [0, 0.05) is 18.4 Å². The molecule has 0 unspecified atom stereocenters. The first-order chi connectivity index (χ1) is 11.2. The van der Waals surface area contributed by atoms with Crippen molar-refractivity contribution in [2.24, 2.45) is 0 Å². The highest BCUT2D eigenvalue weighted by molar-refractivity contribution is 6.34. The zero-order valence-corrected chi connectivity index (χ0v) is 13.0. The van der Waals surface area contributed by atoms with Crippen LogP contribution in [0, 0.1) is 11.3 Å². The van der Waals surface area contributed by atoms with Gasteiger partial charge < -0.3 is 10.2 Å². The van der Waals surface area contributed by atoms with Crippen molar-refractivity contribution in [1.29, 1.82) is 5.26 Å². The van der Waals surface area contributed by atoms with Gasteiger partial charge in [0.1, 0.15) is 11.6 Å². The summed E-state index contributed by atoms with van der Waals surface area (Å²) < 4.78 is 0. The van der Waals surface area contributed by atoms with Gasteiger partial charge in [0.25, 0.3) is 5.91 Å². The maximum Gasteiger partial charge on any atom is 0.267 e. The lowest BCUT2D eigenvalue weighted by molar-refractivity contribution is -0.112. The maximum atomic E-state index is 12.3. The van der Waals surface area contributed by atoms with Crippen molar-refractivity contribution >= 4 is 28.9 Å². The largest absolute Gasteiger partial charge is 0.346 e. The maximum absolute atomic E-state index is 12.3. The summed E-state index contributed by atoms with van der Waals surface area (Å²) >= 11 is 6.03. The lowest BCUT2D eigenvalue weighted by Crippen LogP contribution is -2.19. The zero-order valence-electron chi connectivity index (χ0n) is 12.3. The van der Waals surface area contributed by atoms with Crippen molar-refractivity contribution in [1.82, 2.24) is 0 Å². The van der Waals surface area contributed by atoms with Gasteiger partial charge in [-0.25, -0.2) is 0 Å². The van der Waals surface area contributed by atoms with E-state index < -0.39 is 5.91 Å². The van der Waals surface area contributed by atoms with Crippen LogP contribution in [-0.2, 0) is 11.2 Å². The molecule has 4 nitrogen and oxygen atoms in total. The molecule has 0 saturated carbocycles. The highest BCUT2D eigenvalue weighted by atomic mass is 35.5. The molecular formula is C18H14ClN3O. The first-order valence-electron chi connectivity index (χ1n) is 7.21. The van der Waals surface area contributed by atoms with Crippen molar-refractivity contribution in [3.8, 4) is 6.07 Å². The van der Waals surface area contributed by atoms with Crippen LogP contribution in [0.1, 0.15) is 5.56 Å². The molecule has 3 rings (SSSR count). The first-order valence-corrected chi connectivity index (χ1v) is 7.59. The second-order valence-corrected chi connectivity index (χ2v) is 5.57. The van der Waals surface area contributed by atoms with Crippen LogP contribution in [0.5, 0.6) is 0 Å². The standard InChI is InChI=1S/C18H14ClN3O/c19-15-6-2-3-7-16(15)21-18(23)14(11-20)12-22-10-9-13-5-1-4-8-17(13)22/h1-8,12H,9-10H2,(H,21,23)/b14-12-. The van der Waals surface area contributed by atoms with Gasteiger partial charge in [-0.05, 0) is 30.2 Å². The smallest absolute Gasteiger partial charge is 0.267 e. The van der Waals surface area contributed by atoms with Gasteiger partial charge >= 0.3 is 0 Å². The Morgan fingerprint density at radius 2 is 1.96 bits per heavy atom. The highest BCUT2D eigenvalue weighted by Crippen LogP contribution is 2.28. The van der Waals surface area contributed by atoms with Crippen molar-refractivity contribution in [2.45, 2.75) is 6.42 Å². The molecule has 1 heterocycles. The number of nitrogens with one attached hydrogen (secondary N) is 1. The number of amides is 1. The Kier molecular flexibility index (Phi) is 4.31. The number of hydrogen-bond donors (Lipinski definition) is 1. The van der Waals surface area contributed by atoms with Crippen molar-refractivity contribution in [3.05, 3.63) is 70.9 Å². The third-order valence-electron chi connectivity index (χ3n) is 3.70. The predicted octanol–water partition coefficient (Wildman–Crippen LogP) is 3.75.